The molecule has 1 aliphatic heterocycles. The van der Waals surface area contributed by atoms with Crippen LogP contribution in [-0.2, 0) is 5.54 Å². The van der Waals surface area contributed by atoms with Gasteiger partial charge in [-0.05, 0) is 83.0 Å². The van der Waals surface area contributed by atoms with Crippen LogP contribution in [0.25, 0.3) is 11.1 Å². The van der Waals surface area contributed by atoms with E-state index >= 15 is 0 Å². The van der Waals surface area contributed by atoms with Gasteiger partial charge in [-0.25, -0.2) is 5.01 Å². The number of nitrogens with zero attached hydrogens (tertiary/aromatic N) is 3. The molecule has 3 aromatic rings. The third kappa shape index (κ3) is 2.02. The van der Waals surface area contributed by atoms with Crippen molar-refractivity contribution in [1.29, 1.82) is 5.26 Å². The smallest absolute Gasteiger partial charge is 0.200 e. The lowest BCUT2D eigenvalue weighted by atomic mass is 9.63. The predicted octanol–water partition coefficient (Wildman–Crippen LogP) is 6.61. The van der Waals surface area contributed by atoms with Crippen molar-refractivity contribution in [2.45, 2.75) is 24.4 Å². The van der Waals surface area contributed by atoms with Crippen LogP contribution in [0.15, 0.2) is 84.9 Å². The summed E-state index contributed by atoms with van der Waals surface area (Å²) in [5.74, 6) is 2.79. The highest BCUT2D eigenvalue weighted by Crippen LogP contribution is 2.72. The monoisotopic (exact) mass is 461 g/mol. The summed E-state index contributed by atoms with van der Waals surface area (Å²) >= 11 is 6.31. The van der Waals surface area contributed by atoms with Gasteiger partial charge < -0.3 is 0 Å². The average molecular weight is 462 g/mol. The van der Waals surface area contributed by atoms with Gasteiger partial charge in [0.2, 0.25) is 0 Å². The minimum atomic E-state index is -0.394. The van der Waals surface area contributed by atoms with E-state index in [1.165, 1.54) is 35.1 Å². The molecule has 0 radical (unpaired) electrons. The highest BCUT2D eigenvalue weighted by molar-refractivity contribution is 6.30. The first-order chi connectivity index (χ1) is 16.7. The van der Waals surface area contributed by atoms with E-state index in [1.54, 1.807) is 0 Å². The summed E-state index contributed by atoms with van der Waals surface area (Å²) in [6, 6.07) is 26.1. The van der Waals surface area contributed by atoms with E-state index in [0.717, 1.165) is 5.69 Å². The third-order valence-corrected chi connectivity index (χ3v) is 9.82. The molecule has 1 saturated heterocycles. The molecule has 4 aliphatic carbocycles. The number of fused-ring (bicyclic) bond motifs is 14. The van der Waals surface area contributed by atoms with Crippen LogP contribution in [0.5, 0.6) is 0 Å². The lowest BCUT2D eigenvalue weighted by Crippen LogP contribution is -2.50. The summed E-state index contributed by atoms with van der Waals surface area (Å²) in [7, 11) is 0. The Labute approximate surface area is 204 Å². The second-order valence-electron chi connectivity index (χ2n) is 10.6. The highest BCUT2D eigenvalue weighted by atomic mass is 35.5. The van der Waals surface area contributed by atoms with Crippen molar-refractivity contribution in [1.82, 2.24) is 5.01 Å². The molecule has 0 aromatic heterocycles. The van der Waals surface area contributed by atoms with Gasteiger partial charge in [-0.3, -0.25) is 5.01 Å². The molecule has 3 fully saturated rings. The molecule has 6 atom stereocenters. The predicted molar refractivity (Wildman–Crippen MR) is 134 cm³/mol. The van der Waals surface area contributed by atoms with E-state index in [9.17, 15) is 5.26 Å². The minimum Gasteiger partial charge on any atom is -0.261 e. The molecule has 1 spiro atoms. The Balaban J connectivity index is 1.47. The van der Waals surface area contributed by atoms with E-state index in [1.807, 2.05) is 12.1 Å². The van der Waals surface area contributed by atoms with Crippen LogP contribution in [0.3, 0.4) is 0 Å². The number of hydrogen-bond acceptors (Lipinski definition) is 3. The summed E-state index contributed by atoms with van der Waals surface area (Å²) in [4.78, 5) is 0. The van der Waals surface area contributed by atoms with Gasteiger partial charge in [0.1, 0.15) is 5.54 Å². The molecule has 1 heterocycles. The fourth-order valence-electron chi connectivity index (χ4n) is 8.75. The molecule has 3 nitrogen and oxygen atoms in total. The molecule has 0 amide bonds. The maximum atomic E-state index is 10.7. The summed E-state index contributed by atoms with van der Waals surface area (Å²) in [6.07, 6.45) is 9.94. The first-order valence-electron chi connectivity index (χ1n) is 12.4. The van der Waals surface area contributed by atoms with Crippen molar-refractivity contribution < 1.29 is 0 Å². The number of anilines is 1. The summed E-state index contributed by atoms with van der Waals surface area (Å²) in [5.41, 5.74) is 5.93. The van der Waals surface area contributed by atoms with E-state index in [0.29, 0.717) is 34.6 Å². The SMILES string of the molecule is N#CN1C2C3CC(C4CC=CC43)C2C2(c3ccccc3-c3ccccc32)N1c1ccc(Cl)cc1. The Morgan fingerprint density at radius 1 is 0.853 bits per heavy atom. The van der Waals surface area contributed by atoms with Gasteiger partial charge in [-0.2, -0.15) is 5.26 Å². The molecule has 6 unspecified atom stereocenters. The Hall–Kier alpha value is -3.22. The topological polar surface area (TPSA) is 30.3 Å². The molecule has 3 aromatic carbocycles. The average Bonchev–Trinajstić information content (AvgIpc) is 3.66. The van der Waals surface area contributed by atoms with Crippen molar-refractivity contribution in [3.63, 3.8) is 0 Å². The van der Waals surface area contributed by atoms with E-state index in [2.05, 4.69) is 89.0 Å². The van der Waals surface area contributed by atoms with E-state index < -0.39 is 5.54 Å². The van der Waals surface area contributed by atoms with E-state index in [4.69, 9.17) is 11.6 Å². The number of rotatable bonds is 1. The van der Waals surface area contributed by atoms with E-state index in [-0.39, 0.29) is 6.04 Å². The Bertz CT molecular complexity index is 1360. The van der Waals surface area contributed by atoms with Gasteiger partial charge in [-0.15, -0.1) is 0 Å². The summed E-state index contributed by atoms with van der Waals surface area (Å²) in [6.45, 7) is 0. The third-order valence-electron chi connectivity index (χ3n) is 9.57. The molecule has 166 valence electrons. The molecular weight excluding hydrogens is 438 g/mol. The zero-order valence-electron chi connectivity index (χ0n) is 18.7. The highest BCUT2D eigenvalue weighted by Gasteiger charge is 2.74. The van der Waals surface area contributed by atoms with Gasteiger partial charge in [0.15, 0.2) is 6.19 Å². The quantitative estimate of drug-likeness (QED) is 0.302. The Morgan fingerprint density at radius 3 is 2.21 bits per heavy atom. The maximum Gasteiger partial charge on any atom is 0.200 e. The number of benzene rings is 3. The van der Waals surface area contributed by atoms with Crippen molar-refractivity contribution in [3.8, 4) is 17.3 Å². The lowest BCUT2D eigenvalue weighted by Gasteiger charge is -2.44. The molecule has 5 aliphatic rings. The van der Waals surface area contributed by atoms with Crippen molar-refractivity contribution in [2.24, 2.45) is 29.6 Å². The number of halogens is 1. The Morgan fingerprint density at radius 2 is 1.53 bits per heavy atom. The van der Waals surface area contributed by atoms with Crippen molar-refractivity contribution in [2.75, 3.05) is 5.01 Å². The first kappa shape index (κ1) is 19.1. The zero-order chi connectivity index (χ0) is 22.6. The number of hydrogen-bond donors (Lipinski definition) is 0. The van der Waals surface area contributed by atoms with Gasteiger partial charge in [-0.1, -0.05) is 72.3 Å². The van der Waals surface area contributed by atoms with Crippen molar-refractivity contribution >= 4 is 17.3 Å². The molecule has 34 heavy (non-hydrogen) atoms. The molecule has 8 rings (SSSR count). The second kappa shape index (κ2) is 6.46. The minimum absolute atomic E-state index is 0.203. The van der Waals surface area contributed by atoms with Crippen LogP contribution in [0, 0.1) is 41.0 Å². The fourth-order valence-corrected chi connectivity index (χ4v) is 8.87. The van der Waals surface area contributed by atoms with Gasteiger partial charge in [0.25, 0.3) is 0 Å². The molecule has 2 bridgehead atoms. The lowest BCUT2D eigenvalue weighted by molar-refractivity contribution is 0.131. The van der Waals surface area contributed by atoms with Crippen LogP contribution in [0.2, 0.25) is 5.02 Å². The number of nitriles is 1. The largest absolute Gasteiger partial charge is 0.261 e. The molecular formula is C30H24ClN3. The van der Waals surface area contributed by atoms with Crippen LogP contribution in [0.1, 0.15) is 24.0 Å². The normalized spacial score (nSPS) is 32.6. The van der Waals surface area contributed by atoms with Crippen LogP contribution in [-0.4, -0.2) is 11.1 Å². The van der Waals surface area contributed by atoms with Gasteiger partial charge in [0.05, 0.1) is 11.7 Å². The molecule has 0 N–H and O–H groups in total. The van der Waals surface area contributed by atoms with Crippen molar-refractivity contribution in [3.05, 3.63) is 101 Å². The Kier molecular flexibility index (Phi) is 3.64. The van der Waals surface area contributed by atoms with Gasteiger partial charge >= 0.3 is 0 Å². The summed E-state index contributed by atoms with van der Waals surface area (Å²) in [5, 5.41) is 15.8. The summed E-state index contributed by atoms with van der Waals surface area (Å²) < 4.78 is 0. The molecule has 2 saturated carbocycles. The second-order valence-corrected chi connectivity index (χ2v) is 11.0. The van der Waals surface area contributed by atoms with Crippen LogP contribution < -0.4 is 5.01 Å². The number of hydrazine groups is 1. The van der Waals surface area contributed by atoms with Crippen LogP contribution in [0.4, 0.5) is 5.69 Å². The number of allylic oxidation sites excluding steroid dienone is 2. The standard InChI is InChI=1S/C30H24ClN3/c31-18-12-14-19(15-13-18)34-30(26-10-3-1-6-22(26)23-7-2-4-11-27(23)30)28-24-16-25(29(28)33(34)17-32)21-9-5-8-20(21)24/h1-7,9-15,20-21,24-25,28-29H,8,16H2. The van der Waals surface area contributed by atoms with Gasteiger partial charge in [0, 0.05) is 10.9 Å². The molecule has 4 heteroatoms. The fraction of sp³-hybridized carbons (Fsp3) is 0.300. The van der Waals surface area contributed by atoms with Crippen LogP contribution >= 0.6 is 11.6 Å². The zero-order valence-corrected chi connectivity index (χ0v) is 19.4. The maximum absolute atomic E-state index is 10.7. The first-order valence-corrected chi connectivity index (χ1v) is 12.7.